The molecule has 1 heterocycles. The van der Waals surface area contributed by atoms with Crippen LogP contribution in [0.4, 0.5) is 13.2 Å². The van der Waals surface area contributed by atoms with Crippen molar-refractivity contribution in [3.8, 4) is 0 Å². The average molecular weight is 433 g/mol. The fourth-order valence-corrected chi connectivity index (χ4v) is 4.02. The van der Waals surface area contributed by atoms with Gasteiger partial charge in [0.05, 0.1) is 17.7 Å². The van der Waals surface area contributed by atoms with Crippen molar-refractivity contribution in [2.45, 2.75) is 44.4 Å². The van der Waals surface area contributed by atoms with Crippen LogP contribution in [0.5, 0.6) is 0 Å². The number of benzene rings is 1. The summed E-state index contributed by atoms with van der Waals surface area (Å²) in [6.07, 6.45) is -2.02. The molecule has 1 amide bonds. The third-order valence-corrected chi connectivity index (χ3v) is 5.81. The highest BCUT2D eigenvalue weighted by atomic mass is 35.5. The van der Waals surface area contributed by atoms with Gasteiger partial charge in [0.15, 0.2) is 0 Å². The van der Waals surface area contributed by atoms with Crippen LogP contribution >= 0.6 is 11.6 Å². The molecular weight excluding hydrogens is 409 g/mol. The van der Waals surface area contributed by atoms with Crippen molar-refractivity contribution >= 4 is 23.5 Å². The summed E-state index contributed by atoms with van der Waals surface area (Å²) in [5.74, 6) is -2.12. The number of esters is 1. The summed E-state index contributed by atoms with van der Waals surface area (Å²) in [5, 5.41) is 0.329. The Morgan fingerprint density at radius 1 is 1.21 bits per heavy atom. The fraction of sp³-hybridized carbons (Fsp3) is 0.600. The van der Waals surface area contributed by atoms with Gasteiger partial charge in [-0.25, -0.2) is 4.79 Å². The third kappa shape index (κ3) is 5.63. The number of hydrogen-bond acceptors (Lipinski definition) is 4. The number of hydrogen-bond donors (Lipinski definition) is 0. The Morgan fingerprint density at radius 3 is 2.38 bits per heavy atom. The van der Waals surface area contributed by atoms with E-state index in [0.29, 0.717) is 30.0 Å². The van der Waals surface area contributed by atoms with Crippen LogP contribution in [0.1, 0.15) is 41.6 Å². The van der Waals surface area contributed by atoms with Gasteiger partial charge in [-0.05, 0) is 62.4 Å². The van der Waals surface area contributed by atoms with E-state index in [9.17, 15) is 22.8 Å². The molecule has 3 rings (SSSR count). The van der Waals surface area contributed by atoms with Crippen LogP contribution in [-0.2, 0) is 16.1 Å². The molecule has 0 bridgehead atoms. The molecule has 9 heteroatoms. The third-order valence-electron chi connectivity index (χ3n) is 5.50. The number of alkyl halides is 3. The van der Waals surface area contributed by atoms with Crippen molar-refractivity contribution in [3.63, 3.8) is 0 Å². The van der Waals surface area contributed by atoms with E-state index in [1.54, 1.807) is 12.1 Å². The normalized spacial score (nSPS) is 18.5. The summed E-state index contributed by atoms with van der Waals surface area (Å²) in [6, 6.07) is 4.93. The van der Waals surface area contributed by atoms with E-state index in [1.165, 1.54) is 7.11 Å². The summed E-state index contributed by atoms with van der Waals surface area (Å²) in [4.78, 5) is 26.5. The standard InChI is InChI=1S/C20H24ClF3N2O3/c1-29-18(27)16-5-2-14(10-17(16)21)11-25-8-6-13(7-9-25)12-26(15-3-4-15)19(28)20(22,23)24/h2,5,10,13,15H,3-4,6-9,11-12H2,1H3. The predicted octanol–water partition coefficient (Wildman–Crippen LogP) is 3.89. The molecule has 29 heavy (non-hydrogen) atoms. The number of carbonyl (C=O) groups is 2. The van der Waals surface area contributed by atoms with Gasteiger partial charge in [0.25, 0.3) is 0 Å². The van der Waals surface area contributed by atoms with Gasteiger partial charge in [0.1, 0.15) is 0 Å². The van der Waals surface area contributed by atoms with E-state index in [4.69, 9.17) is 11.6 Å². The minimum Gasteiger partial charge on any atom is -0.465 e. The molecule has 0 spiro atoms. The maximum absolute atomic E-state index is 12.8. The van der Waals surface area contributed by atoms with Gasteiger partial charge in [0, 0.05) is 19.1 Å². The lowest BCUT2D eigenvalue weighted by Gasteiger charge is -2.35. The second-order valence-electron chi connectivity index (χ2n) is 7.71. The average Bonchev–Trinajstić information content (AvgIpc) is 3.51. The Kier molecular flexibility index (Phi) is 6.73. The van der Waals surface area contributed by atoms with Crippen LogP contribution in [0.2, 0.25) is 5.02 Å². The van der Waals surface area contributed by atoms with Crippen molar-refractivity contribution in [1.82, 2.24) is 9.80 Å². The van der Waals surface area contributed by atoms with E-state index in [-0.39, 0.29) is 18.5 Å². The minimum atomic E-state index is -4.81. The van der Waals surface area contributed by atoms with Gasteiger partial charge in [-0.15, -0.1) is 0 Å². The minimum absolute atomic E-state index is 0.0726. The quantitative estimate of drug-likeness (QED) is 0.640. The molecule has 0 atom stereocenters. The summed E-state index contributed by atoms with van der Waals surface area (Å²) < 4.78 is 43.2. The lowest BCUT2D eigenvalue weighted by atomic mass is 9.95. The zero-order valence-corrected chi connectivity index (χ0v) is 16.9. The molecule has 2 fully saturated rings. The number of halogens is 4. The number of ether oxygens (including phenoxy) is 1. The molecule has 0 N–H and O–H groups in total. The summed E-state index contributed by atoms with van der Waals surface area (Å²) in [7, 11) is 1.29. The molecule has 1 aromatic rings. The zero-order valence-electron chi connectivity index (χ0n) is 16.2. The number of amides is 1. The van der Waals surface area contributed by atoms with E-state index >= 15 is 0 Å². The van der Waals surface area contributed by atoms with Gasteiger partial charge in [-0.1, -0.05) is 17.7 Å². The van der Waals surface area contributed by atoms with Crippen LogP contribution in [-0.4, -0.2) is 60.6 Å². The summed E-state index contributed by atoms with van der Waals surface area (Å²) in [5.41, 5.74) is 1.26. The molecular formula is C20H24ClF3N2O3. The second kappa shape index (κ2) is 8.92. The topological polar surface area (TPSA) is 49.9 Å². The number of rotatable bonds is 6. The van der Waals surface area contributed by atoms with Gasteiger partial charge in [-0.2, -0.15) is 13.2 Å². The predicted molar refractivity (Wildman–Crippen MR) is 102 cm³/mol. The van der Waals surface area contributed by atoms with Crippen molar-refractivity contribution in [2.24, 2.45) is 5.92 Å². The SMILES string of the molecule is COC(=O)c1ccc(CN2CCC(CN(C(=O)C(F)(F)F)C3CC3)CC2)cc1Cl. The van der Waals surface area contributed by atoms with Gasteiger partial charge < -0.3 is 9.64 Å². The Hall–Kier alpha value is -1.80. The number of methoxy groups -OCH3 is 1. The summed E-state index contributed by atoms with van der Waals surface area (Å²) in [6.45, 7) is 2.29. The molecule has 5 nitrogen and oxygen atoms in total. The van der Waals surface area contributed by atoms with Crippen molar-refractivity contribution in [2.75, 3.05) is 26.7 Å². The first-order valence-electron chi connectivity index (χ1n) is 9.66. The smallest absolute Gasteiger partial charge is 0.465 e. The van der Waals surface area contributed by atoms with Gasteiger partial charge >= 0.3 is 18.1 Å². The fourth-order valence-electron chi connectivity index (χ4n) is 3.74. The maximum atomic E-state index is 12.8. The highest BCUT2D eigenvalue weighted by Gasteiger charge is 2.47. The van der Waals surface area contributed by atoms with E-state index in [0.717, 1.165) is 36.4 Å². The number of piperidine rings is 1. The lowest BCUT2D eigenvalue weighted by Crippen LogP contribution is -2.46. The number of carbonyl (C=O) groups excluding carboxylic acids is 2. The Labute approximate surface area is 172 Å². The van der Waals surface area contributed by atoms with Gasteiger partial charge in [-0.3, -0.25) is 9.69 Å². The first-order valence-corrected chi connectivity index (χ1v) is 10.0. The molecule has 160 valence electrons. The van der Waals surface area contributed by atoms with Crippen LogP contribution < -0.4 is 0 Å². The monoisotopic (exact) mass is 432 g/mol. The van der Waals surface area contributed by atoms with Crippen molar-refractivity contribution in [3.05, 3.63) is 34.3 Å². The molecule has 1 saturated heterocycles. The zero-order chi connectivity index (χ0) is 21.2. The molecule has 0 unspecified atom stereocenters. The lowest BCUT2D eigenvalue weighted by molar-refractivity contribution is -0.186. The van der Waals surface area contributed by atoms with Crippen LogP contribution in [0.25, 0.3) is 0 Å². The van der Waals surface area contributed by atoms with Crippen molar-refractivity contribution in [1.29, 1.82) is 0 Å². The highest BCUT2D eigenvalue weighted by Crippen LogP contribution is 2.33. The molecule has 1 aliphatic carbocycles. The largest absolute Gasteiger partial charge is 0.471 e. The molecule has 1 aliphatic heterocycles. The van der Waals surface area contributed by atoms with Crippen molar-refractivity contribution < 1.29 is 27.5 Å². The van der Waals surface area contributed by atoms with Crippen LogP contribution in [0, 0.1) is 5.92 Å². The highest BCUT2D eigenvalue weighted by molar-refractivity contribution is 6.33. The van der Waals surface area contributed by atoms with E-state index in [2.05, 4.69) is 9.64 Å². The maximum Gasteiger partial charge on any atom is 0.471 e. The Balaban J connectivity index is 1.52. The van der Waals surface area contributed by atoms with Gasteiger partial charge in [0.2, 0.25) is 0 Å². The second-order valence-corrected chi connectivity index (χ2v) is 8.12. The summed E-state index contributed by atoms with van der Waals surface area (Å²) >= 11 is 6.15. The molecule has 2 aliphatic rings. The van der Waals surface area contributed by atoms with E-state index < -0.39 is 18.1 Å². The number of likely N-dealkylation sites (tertiary alicyclic amines) is 1. The first kappa shape index (κ1) is 21.9. The molecule has 1 saturated carbocycles. The Bertz CT molecular complexity index is 760. The first-order chi connectivity index (χ1) is 13.7. The number of nitrogens with zero attached hydrogens (tertiary/aromatic N) is 2. The van der Waals surface area contributed by atoms with E-state index in [1.807, 2.05) is 6.07 Å². The Morgan fingerprint density at radius 2 is 1.86 bits per heavy atom. The van der Waals surface area contributed by atoms with Crippen LogP contribution in [0.3, 0.4) is 0 Å². The van der Waals surface area contributed by atoms with Crippen LogP contribution in [0.15, 0.2) is 18.2 Å². The molecule has 0 aromatic heterocycles. The molecule has 1 aromatic carbocycles. The molecule has 0 radical (unpaired) electrons.